The second-order valence-corrected chi connectivity index (χ2v) is 4.49. The smallest absolute Gasteiger partial charge is 0.270 e. The topological polar surface area (TPSA) is 53.2 Å². The summed E-state index contributed by atoms with van der Waals surface area (Å²) in [5.74, 6) is -0.207. The third-order valence-corrected chi connectivity index (χ3v) is 2.90. The van der Waals surface area contributed by atoms with Gasteiger partial charge in [0.25, 0.3) is 5.91 Å². The number of hydrogen-bond donors (Lipinski definition) is 1. The Kier molecular flexibility index (Phi) is 3.80. The van der Waals surface area contributed by atoms with Crippen LogP contribution in [0.4, 0.5) is 0 Å². The molecule has 0 spiro atoms. The zero-order valence-electron chi connectivity index (χ0n) is 11.0. The number of carbonyl (C=O) groups is 2. The van der Waals surface area contributed by atoms with Crippen molar-refractivity contribution < 1.29 is 9.59 Å². The van der Waals surface area contributed by atoms with E-state index in [1.165, 1.54) is 6.92 Å². The Morgan fingerprint density at radius 2 is 1.68 bits per heavy atom. The van der Waals surface area contributed by atoms with Gasteiger partial charge < -0.3 is 9.88 Å². The van der Waals surface area contributed by atoms with Crippen molar-refractivity contribution >= 4 is 11.7 Å². The number of benzene rings is 1. The summed E-state index contributed by atoms with van der Waals surface area (Å²) in [4.78, 5) is 27.8. The molecule has 1 aromatic heterocycles. The highest BCUT2D eigenvalue weighted by atomic mass is 16.2. The molecule has 0 atom stereocenters. The summed E-state index contributed by atoms with van der Waals surface area (Å²) in [6.45, 7) is 2.00. The zero-order chi connectivity index (χ0) is 13.8. The van der Waals surface area contributed by atoms with Crippen LogP contribution in [0.5, 0.6) is 0 Å². The molecule has 0 aliphatic carbocycles. The molecule has 1 amide bonds. The second-order valence-electron chi connectivity index (χ2n) is 4.49. The molecule has 19 heavy (non-hydrogen) atoms. The van der Waals surface area contributed by atoms with Crippen LogP contribution in [0, 0.1) is 0 Å². The number of hydrogen-bond acceptors (Lipinski definition) is 2. The maximum absolute atomic E-state index is 12.2. The lowest BCUT2D eigenvalue weighted by Gasteiger charge is -2.16. The van der Waals surface area contributed by atoms with Crippen LogP contribution in [0.1, 0.15) is 33.5 Å². The van der Waals surface area contributed by atoms with E-state index in [2.05, 4.69) is 4.98 Å². The van der Waals surface area contributed by atoms with Crippen molar-refractivity contribution in [2.75, 3.05) is 7.05 Å². The van der Waals surface area contributed by atoms with Crippen molar-refractivity contribution in [2.24, 2.45) is 0 Å². The molecule has 1 N–H and O–H groups in total. The maximum atomic E-state index is 12.2. The van der Waals surface area contributed by atoms with Crippen molar-refractivity contribution in [3.05, 3.63) is 59.4 Å². The zero-order valence-corrected chi connectivity index (χ0v) is 11.0. The SMILES string of the molecule is CC(=O)c1ccc(C(=O)N(C)Cc2ccccc2)[nH]1. The highest BCUT2D eigenvalue weighted by molar-refractivity contribution is 5.97. The van der Waals surface area contributed by atoms with Crippen molar-refractivity contribution in [1.29, 1.82) is 0 Å². The number of nitrogens with one attached hydrogen (secondary N) is 1. The number of nitrogens with zero attached hydrogens (tertiary/aromatic N) is 1. The first-order valence-electron chi connectivity index (χ1n) is 6.07. The van der Waals surface area contributed by atoms with Gasteiger partial charge in [0.05, 0.1) is 5.69 Å². The van der Waals surface area contributed by atoms with Crippen LogP contribution in [0.3, 0.4) is 0 Å². The molecule has 0 unspecified atom stereocenters. The van der Waals surface area contributed by atoms with E-state index in [-0.39, 0.29) is 11.7 Å². The van der Waals surface area contributed by atoms with E-state index in [1.54, 1.807) is 24.1 Å². The lowest BCUT2D eigenvalue weighted by atomic mass is 10.2. The van der Waals surface area contributed by atoms with Gasteiger partial charge in [-0.15, -0.1) is 0 Å². The van der Waals surface area contributed by atoms with Crippen LogP contribution in [-0.4, -0.2) is 28.6 Å². The minimum absolute atomic E-state index is 0.0789. The fourth-order valence-electron chi connectivity index (χ4n) is 1.86. The monoisotopic (exact) mass is 256 g/mol. The van der Waals surface area contributed by atoms with Crippen molar-refractivity contribution in [3.8, 4) is 0 Å². The molecule has 2 aromatic rings. The van der Waals surface area contributed by atoms with E-state index in [4.69, 9.17) is 0 Å². The number of rotatable bonds is 4. The Balaban J connectivity index is 2.08. The van der Waals surface area contributed by atoms with E-state index in [1.807, 2.05) is 30.3 Å². The standard InChI is InChI=1S/C15H16N2O2/c1-11(18)13-8-9-14(16-13)15(19)17(2)10-12-6-4-3-5-7-12/h3-9,16H,10H2,1-2H3. The number of Topliss-reactive ketones (excluding diaryl/α,β-unsaturated/α-hetero) is 1. The molecule has 4 nitrogen and oxygen atoms in total. The van der Waals surface area contributed by atoms with Crippen LogP contribution in [0.15, 0.2) is 42.5 Å². The highest BCUT2D eigenvalue weighted by Gasteiger charge is 2.14. The summed E-state index contributed by atoms with van der Waals surface area (Å²) in [5.41, 5.74) is 1.96. The van der Waals surface area contributed by atoms with Crippen LogP contribution >= 0.6 is 0 Å². The molecule has 2 rings (SSSR count). The fourth-order valence-corrected chi connectivity index (χ4v) is 1.86. The second kappa shape index (κ2) is 5.52. The van der Waals surface area contributed by atoms with Crippen LogP contribution in [-0.2, 0) is 6.54 Å². The Hall–Kier alpha value is -2.36. The van der Waals surface area contributed by atoms with E-state index < -0.39 is 0 Å². The minimum atomic E-state index is -0.128. The first-order valence-corrected chi connectivity index (χ1v) is 6.07. The fraction of sp³-hybridized carbons (Fsp3) is 0.200. The Bertz CT molecular complexity index is 587. The number of aromatic nitrogens is 1. The van der Waals surface area contributed by atoms with Gasteiger partial charge in [-0.25, -0.2) is 0 Å². The molecule has 0 radical (unpaired) electrons. The first kappa shape index (κ1) is 13.1. The summed E-state index contributed by atoms with van der Waals surface area (Å²) in [7, 11) is 1.74. The number of carbonyl (C=O) groups excluding carboxylic acids is 2. The molecule has 0 fully saturated rings. The quantitative estimate of drug-likeness (QED) is 0.854. The lowest BCUT2D eigenvalue weighted by molar-refractivity contribution is 0.0780. The van der Waals surface area contributed by atoms with Crippen LogP contribution in [0.2, 0.25) is 0 Å². The first-order chi connectivity index (χ1) is 9.08. The van der Waals surface area contributed by atoms with E-state index in [9.17, 15) is 9.59 Å². The van der Waals surface area contributed by atoms with Gasteiger partial charge in [-0.3, -0.25) is 9.59 Å². The summed E-state index contributed by atoms with van der Waals surface area (Å²) >= 11 is 0. The molecule has 1 aromatic carbocycles. The maximum Gasteiger partial charge on any atom is 0.270 e. The third-order valence-electron chi connectivity index (χ3n) is 2.90. The molecule has 0 aliphatic rings. The van der Waals surface area contributed by atoms with Gasteiger partial charge in [0.15, 0.2) is 5.78 Å². The van der Waals surface area contributed by atoms with E-state index in [0.29, 0.717) is 17.9 Å². The lowest BCUT2D eigenvalue weighted by Crippen LogP contribution is -2.26. The van der Waals surface area contributed by atoms with Crippen LogP contribution in [0.25, 0.3) is 0 Å². The van der Waals surface area contributed by atoms with E-state index in [0.717, 1.165) is 5.56 Å². The molecule has 0 saturated carbocycles. The van der Waals surface area contributed by atoms with Gasteiger partial charge in [0, 0.05) is 20.5 Å². The Morgan fingerprint density at radius 3 is 2.26 bits per heavy atom. The summed E-state index contributed by atoms with van der Waals surface area (Å²) in [6, 6.07) is 13.0. The number of ketones is 1. The van der Waals surface area contributed by atoms with Gasteiger partial charge in [-0.2, -0.15) is 0 Å². The average molecular weight is 256 g/mol. The normalized spacial score (nSPS) is 10.2. The third kappa shape index (κ3) is 3.10. The Morgan fingerprint density at radius 1 is 1.05 bits per heavy atom. The van der Waals surface area contributed by atoms with Gasteiger partial charge in [-0.05, 0) is 17.7 Å². The molecule has 0 saturated heterocycles. The van der Waals surface area contributed by atoms with Gasteiger partial charge >= 0.3 is 0 Å². The number of amides is 1. The molecule has 0 bridgehead atoms. The molecule has 98 valence electrons. The molecular formula is C15H16N2O2. The predicted octanol–water partition coefficient (Wildman–Crippen LogP) is 2.49. The molecular weight excluding hydrogens is 240 g/mol. The summed E-state index contributed by atoms with van der Waals surface area (Å²) < 4.78 is 0. The summed E-state index contributed by atoms with van der Waals surface area (Å²) in [6.07, 6.45) is 0. The average Bonchev–Trinajstić information content (AvgIpc) is 2.88. The van der Waals surface area contributed by atoms with Gasteiger partial charge in [0.2, 0.25) is 0 Å². The molecule has 0 aliphatic heterocycles. The minimum Gasteiger partial charge on any atom is -0.348 e. The highest BCUT2D eigenvalue weighted by Crippen LogP contribution is 2.09. The van der Waals surface area contributed by atoms with Crippen molar-refractivity contribution in [3.63, 3.8) is 0 Å². The number of aromatic amines is 1. The predicted molar refractivity (Wildman–Crippen MR) is 73.0 cm³/mol. The van der Waals surface area contributed by atoms with Crippen LogP contribution < -0.4 is 0 Å². The largest absolute Gasteiger partial charge is 0.348 e. The number of H-pyrrole nitrogens is 1. The molecule has 4 heteroatoms. The van der Waals surface area contributed by atoms with Crippen molar-refractivity contribution in [2.45, 2.75) is 13.5 Å². The summed E-state index contributed by atoms with van der Waals surface area (Å²) in [5, 5.41) is 0. The van der Waals surface area contributed by atoms with Crippen molar-refractivity contribution in [1.82, 2.24) is 9.88 Å². The van der Waals surface area contributed by atoms with E-state index >= 15 is 0 Å². The molecule has 1 heterocycles. The Labute approximate surface area is 112 Å². The van der Waals surface area contributed by atoms with Gasteiger partial charge in [0.1, 0.15) is 5.69 Å². The van der Waals surface area contributed by atoms with Gasteiger partial charge in [-0.1, -0.05) is 30.3 Å².